The average Bonchev–Trinajstić information content (AvgIpc) is 2.69. The normalized spacial score (nSPS) is 19.0. The number of alkyl carbamates (subject to hydrolysis) is 1. The quantitative estimate of drug-likeness (QED) is 0.710. The maximum Gasteiger partial charge on any atom is 0.409 e. The monoisotopic (exact) mass is 404 g/mol. The number of aromatic nitrogens is 1. The van der Waals surface area contributed by atoms with Crippen molar-refractivity contribution in [2.45, 2.75) is 43.0 Å². The number of carbonyl (C=O) groups is 1. The molecule has 150 valence electrons. The summed E-state index contributed by atoms with van der Waals surface area (Å²) < 4.78 is 32.5. The number of carbonyl (C=O) groups excluding carboxylic acids is 1. The van der Waals surface area contributed by atoms with Crippen LogP contribution >= 0.6 is 0 Å². The van der Waals surface area contributed by atoms with E-state index in [2.05, 4.69) is 10.3 Å². The zero-order valence-electron chi connectivity index (χ0n) is 15.4. The van der Waals surface area contributed by atoms with Crippen LogP contribution in [-0.4, -0.2) is 42.7 Å². The van der Waals surface area contributed by atoms with Crippen LogP contribution < -0.4 is 11.1 Å². The van der Waals surface area contributed by atoms with Gasteiger partial charge in [0.25, 0.3) is 0 Å². The number of hydrogen-bond acceptors (Lipinski definition) is 6. The number of sulfonamides is 1. The molecule has 3 rings (SSSR count). The minimum absolute atomic E-state index is 0.181. The molecule has 1 aromatic heterocycles. The van der Waals surface area contributed by atoms with Crippen molar-refractivity contribution in [1.29, 1.82) is 0 Å². The summed E-state index contributed by atoms with van der Waals surface area (Å²) in [4.78, 5) is 16.4. The van der Waals surface area contributed by atoms with Crippen molar-refractivity contribution < 1.29 is 17.9 Å². The van der Waals surface area contributed by atoms with Gasteiger partial charge in [-0.15, -0.1) is 0 Å². The van der Waals surface area contributed by atoms with Crippen LogP contribution in [-0.2, 0) is 21.2 Å². The van der Waals surface area contributed by atoms with Crippen LogP contribution in [0.4, 0.5) is 4.79 Å². The summed E-state index contributed by atoms with van der Waals surface area (Å²) in [5.41, 5.74) is 6.88. The van der Waals surface area contributed by atoms with Gasteiger partial charge in [-0.2, -0.15) is 4.31 Å². The SMILES string of the molecule is N[C@H](Cc1ccncc1)NC(=O)O[C@H]1CCCCN1S(=O)(=O)c1ccccc1. The topological polar surface area (TPSA) is 115 Å². The highest BCUT2D eigenvalue weighted by atomic mass is 32.2. The standard InChI is InChI=1S/C19H24N4O4S/c20-17(14-15-9-11-21-12-10-15)22-19(24)27-18-8-4-5-13-23(18)28(25,26)16-6-2-1-3-7-16/h1-3,6-7,9-12,17-18H,4-5,8,13-14,20H2,(H,22,24)/t17-,18-/m0/s1. The molecule has 1 fully saturated rings. The fraction of sp³-hybridized carbons (Fsp3) is 0.368. The molecule has 1 saturated heterocycles. The Morgan fingerprint density at radius 1 is 1.21 bits per heavy atom. The summed E-state index contributed by atoms with van der Waals surface area (Å²) in [6.45, 7) is 0.304. The fourth-order valence-corrected chi connectivity index (χ4v) is 4.73. The lowest BCUT2D eigenvalue weighted by molar-refractivity contribution is 0.00825. The third-order valence-corrected chi connectivity index (χ3v) is 6.40. The fourth-order valence-electron chi connectivity index (χ4n) is 3.13. The van der Waals surface area contributed by atoms with Crippen molar-refractivity contribution in [2.75, 3.05) is 6.54 Å². The number of nitrogens with one attached hydrogen (secondary N) is 1. The van der Waals surface area contributed by atoms with E-state index in [9.17, 15) is 13.2 Å². The first-order valence-corrected chi connectivity index (χ1v) is 10.6. The first-order chi connectivity index (χ1) is 13.5. The van der Waals surface area contributed by atoms with Crippen LogP contribution in [0.25, 0.3) is 0 Å². The van der Waals surface area contributed by atoms with E-state index in [1.807, 2.05) is 12.1 Å². The minimum atomic E-state index is -3.74. The van der Waals surface area contributed by atoms with Gasteiger partial charge in [-0.3, -0.25) is 4.98 Å². The van der Waals surface area contributed by atoms with Crippen LogP contribution in [0.1, 0.15) is 24.8 Å². The van der Waals surface area contributed by atoms with Gasteiger partial charge in [-0.05, 0) is 49.1 Å². The molecule has 0 unspecified atom stereocenters. The zero-order valence-corrected chi connectivity index (χ0v) is 16.2. The number of benzene rings is 1. The van der Waals surface area contributed by atoms with Crippen LogP contribution in [0.5, 0.6) is 0 Å². The predicted octanol–water partition coefficient (Wildman–Crippen LogP) is 1.84. The molecule has 0 saturated carbocycles. The lowest BCUT2D eigenvalue weighted by Gasteiger charge is -2.34. The van der Waals surface area contributed by atoms with Crippen molar-refractivity contribution in [3.05, 3.63) is 60.4 Å². The maximum atomic E-state index is 12.9. The molecule has 0 spiro atoms. The molecule has 1 aliphatic heterocycles. The summed E-state index contributed by atoms with van der Waals surface area (Å²) in [7, 11) is -3.74. The summed E-state index contributed by atoms with van der Waals surface area (Å²) in [6, 6.07) is 11.8. The number of nitrogens with zero attached hydrogens (tertiary/aromatic N) is 2. The molecule has 1 aromatic carbocycles. The Morgan fingerprint density at radius 3 is 2.64 bits per heavy atom. The van der Waals surface area contributed by atoms with E-state index in [0.717, 1.165) is 18.4 Å². The molecule has 2 atom stereocenters. The van der Waals surface area contributed by atoms with Crippen molar-refractivity contribution in [3.63, 3.8) is 0 Å². The molecule has 0 radical (unpaired) electrons. The number of ether oxygens (including phenoxy) is 1. The Hall–Kier alpha value is -2.49. The van der Waals surface area contributed by atoms with E-state index in [0.29, 0.717) is 19.4 Å². The van der Waals surface area contributed by atoms with Crippen molar-refractivity contribution in [3.8, 4) is 0 Å². The summed E-state index contributed by atoms with van der Waals surface area (Å²) in [5, 5.41) is 2.56. The Labute approximate surface area is 164 Å². The highest BCUT2D eigenvalue weighted by Gasteiger charge is 2.36. The van der Waals surface area contributed by atoms with Gasteiger partial charge in [0.1, 0.15) is 0 Å². The molecule has 8 nitrogen and oxygen atoms in total. The van der Waals surface area contributed by atoms with Crippen LogP contribution in [0.2, 0.25) is 0 Å². The maximum absolute atomic E-state index is 12.9. The van der Waals surface area contributed by atoms with Crippen molar-refractivity contribution in [1.82, 2.24) is 14.6 Å². The van der Waals surface area contributed by atoms with E-state index in [1.54, 1.807) is 30.6 Å². The highest BCUT2D eigenvalue weighted by molar-refractivity contribution is 7.89. The zero-order chi connectivity index (χ0) is 20.0. The van der Waals surface area contributed by atoms with Gasteiger partial charge in [-0.1, -0.05) is 18.2 Å². The lowest BCUT2D eigenvalue weighted by Crippen LogP contribution is -2.50. The van der Waals surface area contributed by atoms with Gasteiger partial charge in [0, 0.05) is 25.4 Å². The Bertz CT molecular complexity index is 877. The second-order valence-electron chi connectivity index (χ2n) is 6.59. The number of nitrogens with two attached hydrogens (primary N) is 1. The molecule has 9 heteroatoms. The first-order valence-electron chi connectivity index (χ1n) is 9.15. The van der Waals surface area contributed by atoms with Crippen molar-refractivity contribution >= 4 is 16.1 Å². The summed E-state index contributed by atoms with van der Waals surface area (Å²) in [5.74, 6) is 0. The molecule has 2 aromatic rings. The molecule has 1 aliphatic rings. The Morgan fingerprint density at radius 2 is 1.93 bits per heavy atom. The molecule has 1 amide bonds. The third kappa shape index (κ3) is 5.06. The smallest absolute Gasteiger partial charge is 0.409 e. The summed E-state index contributed by atoms with van der Waals surface area (Å²) in [6.07, 6.45) is 3.40. The van der Waals surface area contributed by atoms with Gasteiger partial charge < -0.3 is 15.8 Å². The number of amides is 1. The molecule has 28 heavy (non-hydrogen) atoms. The van der Waals surface area contributed by atoms with Gasteiger partial charge in [-0.25, -0.2) is 13.2 Å². The number of rotatable bonds is 6. The number of pyridine rings is 1. The van der Waals surface area contributed by atoms with E-state index < -0.39 is 28.5 Å². The predicted molar refractivity (Wildman–Crippen MR) is 104 cm³/mol. The van der Waals surface area contributed by atoms with Gasteiger partial charge in [0.2, 0.25) is 10.0 Å². The van der Waals surface area contributed by atoms with E-state index in [-0.39, 0.29) is 4.90 Å². The molecule has 3 N–H and O–H groups in total. The van der Waals surface area contributed by atoms with Gasteiger partial charge >= 0.3 is 6.09 Å². The average molecular weight is 404 g/mol. The van der Waals surface area contributed by atoms with Gasteiger partial charge in [0.15, 0.2) is 6.23 Å². The number of hydrogen-bond donors (Lipinski definition) is 2. The molecule has 2 heterocycles. The minimum Gasteiger partial charge on any atom is -0.429 e. The second kappa shape index (κ2) is 9.13. The highest BCUT2D eigenvalue weighted by Crippen LogP contribution is 2.26. The van der Waals surface area contributed by atoms with Crippen LogP contribution in [0.3, 0.4) is 0 Å². The van der Waals surface area contributed by atoms with E-state index in [4.69, 9.17) is 10.5 Å². The molecule has 0 aliphatic carbocycles. The second-order valence-corrected chi connectivity index (χ2v) is 8.49. The number of piperidine rings is 1. The van der Waals surface area contributed by atoms with E-state index >= 15 is 0 Å². The van der Waals surface area contributed by atoms with Gasteiger partial charge in [0.05, 0.1) is 11.1 Å². The Balaban J connectivity index is 1.63. The van der Waals surface area contributed by atoms with Crippen LogP contribution in [0, 0.1) is 0 Å². The first kappa shape index (κ1) is 20.2. The molecular weight excluding hydrogens is 380 g/mol. The molecular formula is C19H24N4O4S. The third-order valence-electron chi connectivity index (χ3n) is 4.50. The van der Waals surface area contributed by atoms with Crippen LogP contribution in [0.15, 0.2) is 59.8 Å². The largest absolute Gasteiger partial charge is 0.429 e. The van der Waals surface area contributed by atoms with E-state index in [1.165, 1.54) is 16.4 Å². The molecule has 0 bridgehead atoms. The summed E-state index contributed by atoms with van der Waals surface area (Å²) >= 11 is 0. The Kier molecular flexibility index (Phi) is 6.61. The van der Waals surface area contributed by atoms with Crippen molar-refractivity contribution in [2.24, 2.45) is 5.73 Å². The lowest BCUT2D eigenvalue weighted by atomic mass is 10.1.